The molecule has 0 saturated heterocycles. The minimum absolute atomic E-state index is 0.155. The van der Waals surface area contributed by atoms with Gasteiger partial charge < -0.3 is 18.0 Å². The molecular weight excluding hydrogens is 216 g/mol. The summed E-state index contributed by atoms with van der Waals surface area (Å²) in [5.74, 6) is -0.359. The summed E-state index contributed by atoms with van der Waals surface area (Å²) in [5.41, 5.74) is -0.528. The third-order valence-electron chi connectivity index (χ3n) is 2.09. The fourth-order valence-electron chi connectivity index (χ4n) is 1.26. The van der Waals surface area contributed by atoms with Gasteiger partial charge in [0.25, 0.3) is 0 Å². The van der Waals surface area contributed by atoms with E-state index in [0.29, 0.717) is 0 Å². The van der Waals surface area contributed by atoms with E-state index < -0.39 is 14.3 Å². The maximum Gasteiger partial charge on any atom is 0.514 e. The Bertz CT molecular complexity index is 194. The third kappa shape index (κ3) is 3.56. The number of esters is 1. The normalized spacial score (nSPS) is 14.1. The van der Waals surface area contributed by atoms with Crippen LogP contribution in [0.5, 0.6) is 0 Å². The first-order valence-corrected chi connectivity index (χ1v) is 6.59. The molecule has 0 aliphatic rings. The Morgan fingerprint density at radius 2 is 1.40 bits per heavy atom. The van der Waals surface area contributed by atoms with Crippen LogP contribution in [-0.2, 0) is 22.8 Å². The molecule has 0 amide bonds. The van der Waals surface area contributed by atoms with Crippen LogP contribution in [-0.4, -0.2) is 42.2 Å². The summed E-state index contributed by atoms with van der Waals surface area (Å²) in [5, 5.41) is 0. The summed E-state index contributed by atoms with van der Waals surface area (Å²) in [4.78, 5) is 11.6. The highest BCUT2D eigenvalue weighted by Crippen LogP contribution is 2.25. The van der Waals surface area contributed by atoms with Crippen molar-refractivity contribution in [2.75, 3.05) is 21.3 Å². The molecule has 0 radical (unpaired) electrons. The molecule has 5 nitrogen and oxygen atoms in total. The number of hydrogen-bond acceptors (Lipinski definition) is 5. The fourth-order valence-corrected chi connectivity index (χ4v) is 3.18. The van der Waals surface area contributed by atoms with E-state index in [1.165, 1.54) is 21.3 Å². The Kier molecular flexibility index (Phi) is 6.04. The molecule has 0 aliphatic carbocycles. The highest BCUT2D eigenvalue weighted by molar-refractivity contribution is 6.65. The Balaban J connectivity index is 4.63. The predicted molar refractivity (Wildman–Crippen MR) is 57.4 cm³/mol. The molecule has 0 bridgehead atoms. The predicted octanol–water partition coefficient (Wildman–Crippen LogP) is 1.21. The molecule has 0 spiro atoms. The van der Waals surface area contributed by atoms with Crippen LogP contribution >= 0.6 is 0 Å². The SMILES string of the molecule is CO[Si](OC)(OC)C(C)C(=O)OC(C)C. The standard InChI is InChI=1S/C9H20O5Si/c1-7(2)14-9(10)8(3)15(11-4,12-5)13-6/h7-8H,1-6H3. The molecular formula is C9H20O5Si. The van der Waals surface area contributed by atoms with Gasteiger partial charge in [-0.25, -0.2) is 0 Å². The van der Waals surface area contributed by atoms with Gasteiger partial charge in [-0.3, -0.25) is 4.79 Å². The number of carbonyl (C=O) groups is 1. The van der Waals surface area contributed by atoms with Gasteiger partial charge in [-0.2, -0.15) is 0 Å². The van der Waals surface area contributed by atoms with Gasteiger partial charge in [0.15, 0.2) is 0 Å². The van der Waals surface area contributed by atoms with Gasteiger partial charge in [0, 0.05) is 21.3 Å². The first-order chi connectivity index (χ1) is 6.93. The van der Waals surface area contributed by atoms with Crippen LogP contribution in [0.3, 0.4) is 0 Å². The van der Waals surface area contributed by atoms with Crippen molar-refractivity contribution in [3.63, 3.8) is 0 Å². The molecule has 90 valence electrons. The lowest BCUT2D eigenvalue weighted by Crippen LogP contribution is -2.50. The lowest BCUT2D eigenvalue weighted by atomic mass is 10.4. The molecule has 0 saturated carbocycles. The summed E-state index contributed by atoms with van der Waals surface area (Å²) in [6, 6.07) is 0. The molecule has 0 fully saturated rings. The highest BCUT2D eigenvalue weighted by Gasteiger charge is 2.49. The lowest BCUT2D eigenvalue weighted by molar-refractivity contribution is -0.148. The molecule has 0 N–H and O–H groups in total. The largest absolute Gasteiger partial charge is 0.514 e. The Labute approximate surface area is 92.0 Å². The summed E-state index contributed by atoms with van der Waals surface area (Å²) in [6.45, 7) is 5.27. The quantitative estimate of drug-likeness (QED) is 0.512. The molecule has 1 unspecified atom stereocenters. The van der Waals surface area contributed by atoms with E-state index in [1.54, 1.807) is 20.8 Å². The van der Waals surface area contributed by atoms with Crippen molar-refractivity contribution < 1.29 is 22.8 Å². The zero-order valence-corrected chi connectivity index (χ0v) is 11.2. The van der Waals surface area contributed by atoms with Crippen molar-refractivity contribution in [2.24, 2.45) is 0 Å². The van der Waals surface area contributed by atoms with Crippen molar-refractivity contribution in [1.82, 2.24) is 0 Å². The van der Waals surface area contributed by atoms with E-state index >= 15 is 0 Å². The Hall–Kier alpha value is -0.433. The van der Waals surface area contributed by atoms with Crippen molar-refractivity contribution in [1.29, 1.82) is 0 Å². The van der Waals surface area contributed by atoms with E-state index in [-0.39, 0.29) is 12.1 Å². The monoisotopic (exact) mass is 236 g/mol. The molecule has 0 aromatic rings. The molecule has 1 atom stereocenters. The zero-order chi connectivity index (χ0) is 12.1. The van der Waals surface area contributed by atoms with Gasteiger partial charge in [0.2, 0.25) is 0 Å². The van der Waals surface area contributed by atoms with Crippen LogP contribution in [0.2, 0.25) is 5.54 Å². The zero-order valence-electron chi connectivity index (χ0n) is 10.2. The van der Waals surface area contributed by atoms with Crippen LogP contribution in [0, 0.1) is 0 Å². The Morgan fingerprint density at radius 1 is 1.00 bits per heavy atom. The summed E-state index contributed by atoms with van der Waals surface area (Å²) in [7, 11) is 1.49. The second-order valence-electron chi connectivity index (χ2n) is 3.42. The molecule has 0 aliphatic heterocycles. The summed E-state index contributed by atoms with van der Waals surface area (Å²) >= 11 is 0. The molecule has 0 rings (SSSR count). The van der Waals surface area contributed by atoms with E-state index in [0.717, 1.165) is 0 Å². The van der Waals surface area contributed by atoms with Crippen LogP contribution in [0.4, 0.5) is 0 Å². The van der Waals surface area contributed by atoms with Crippen molar-refractivity contribution in [2.45, 2.75) is 32.4 Å². The van der Waals surface area contributed by atoms with Crippen molar-refractivity contribution in [3.8, 4) is 0 Å². The smallest absolute Gasteiger partial charge is 0.463 e. The van der Waals surface area contributed by atoms with Crippen molar-refractivity contribution in [3.05, 3.63) is 0 Å². The minimum Gasteiger partial charge on any atom is -0.463 e. The fraction of sp³-hybridized carbons (Fsp3) is 0.889. The second-order valence-corrected chi connectivity index (χ2v) is 6.72. The van der Waals surface area contributed by atoms with E-state index in [1.807, 2.05) is 0 Å². The van der Waals surface area contributed by atoms with E-state index in [2.05, 4.69) is 0 Å². The van der Waals surface area contributed by atoms with Gasteiger partial charge in [-0.05, 0) is 20.8 Å². The number of carbonyl (C=O) groups excluding carboxylic acids is 1. The number of ether oxygens (including phenoxy) is 1. The van der Waals surface area contributed by atoms with Crippen LogP contribution in [0.25, 0.3) is 0 Å². The molecule has 0 aromatic carbocycles. The molecule has 6 heteroatoms. The van der Waals surface area contributed by atoms with E-state index in [4.69, 9.17) is 18.0 Å². The second kappa shape index (κ2) is 6.22. The lowest BCUT2D eigenvalue weighted by Gasteiger charge is -2.29. The first-order valence-electron chi connectivity index (χ1n) is 4.79. The Morgan fingerprint density at radius 3 is 1.67 bits per heavy atom. The van der Waals surface area contributed by atoms with Gasteiger partial charge in [-0.15, -0.1) is 0 Å². The first kappa shape index (κ1) is 14.6. The minimum atomic E-state index is -2.93. The maximum absolute atomic E-state index is 11.6. The average Bonchev–Trinajstić information content (AvgIpc) is 2.20. The maximum atomic E-state index is 11.6. The molecule has 15 heavy (non-hydrogen) atoms. The van der Waals surface area contributed by atoms with Crippen molar-refractivity contribution >= 4 is 14.8 Å². The highest BCUT2D eigenvalue weighted by atomic mass is 28.4. The number of rotatable bonds is 6. The van der Waals surface area contributed by atoms with Gasteiger partial charge in [0.05, 0.1) is 6.10 Å². The van der Waals surface area contributed by atoms with Crippen LogP contribution < -0.4 is 0 Å². The van der Waals surface area contributed by atoms with Crippen LogP contribution in [0.15, 0.2) is 0 Å². The van der Waals surface area contributed by atoms with Gasteiger partial charge in [-0.1, -0.05) is 0 Å². The summed E-state index contributed by atoms with van der Waals surface area (Å²) in [6.07, 6.45) is -0.155. The third-order valence-corrected chi connectivity index (χ3v) is 5.09. The molecule has 0 heterocycles. The summed E-state index contributed by atoms with van der Waals surface area (Å²) < 4.78 is 20.7. The van der Waals surface area contributed by atoms with E-state index in [9.17, 15) is 4.79 Å². The topological polar surface area (TPSA) is 54.0 Å². The average molecular weight is 236 g/mol. The van der Waals surface area contributed by atoms with Crippen LogP contribution in [0.1, 0.15) is 20.8 Å². The van der Waals surface area contributed by atoms with Gasteiger partial charge >= 0.3 is 14.8 Å². The number of hydrogen-bond donors (Lipinski definition) is 0. The van der Waals surface area contributed by atoms with Gasteiger partial charge in [0.1, 0.15) is 5.54 Å². The molecule has 0 aromatic heterocycles.